The van der Waals surface area contributed by atoms with Crippen molar-refractivity contribution in [2.45, 2.75) is 6.42 Å². The van der Waals surface area contributed by atoms with Crippen molar-refractivity contribution in [3.05, 3.63) is 18.2 Å². The summed E-state index contributed by atoms with van der Waals surface area (Å²) in [6, 6.07) is 0. The Bertz CT molecular complexity index is 284. The summed E-state index contributed by atoms with van der Waals surface area (Å²) in [6.45, 7) is 1.09. The molecule has 0 spiro atoms. The number of hydrogen-bond acceptors (Lipinski definition) is 3. The lowest BCUT2D eigenvalue weighted by Crippen LogP contribution is -2.27. The SMILES string of the molecule is O=CNCCCNC(=O)c1cnc[nH]1. The average molecular weight is 196 g/mol. The molecular weight excluding hydrogens is 184 g/mol. The number of aromatic amines is 1. The standard InChI is InChI=1S/C8H12N4O2/c13-6-9-2-1-3-11-8(14)7-4-10-5-12-7/h4-6H,1-3H2,(H,9,13)(H,10,12)(H,11,14). The molecule has 0 aromatic carbocycles. The molecule has 0 unspecified atom stereocenters. The van der Waals surface area contributed by atoms with Crippen LogP contribution in [-0.4, -0.2) is 35.4 Å². The third kappa shape index (κ3) is 3.26. The average Bonchev–Trinajstić information content (AvgIpc) is 2.70. The van der Waals surface area contributed by atoms with Crippen LogP contribution in [0, 0.1) is 0 Å². The summed E-state index contributed by atoms with van der Waals surface area (Å²) in [5.74, 6) is -0.186. The van der Waals surface area contributed by atoms with Crippen molar-refractivity contribution in [1.82, 2.24) is 20.6 Å². The number of carbonyl (C=O) groups is 2. The number of imidazole rings is 1. The first kappa shape index (κ1) is 10.2. The normalized spacial score (nSPS) is 9.43. The molecule has 76 valence electrons. The number of nitrogens with one attached hydrogen (secondary N) is 3. The molecule has 0 saturated carbocycles. The Morgan fingerprint density at radius 2 is 2.43 bits per heavy atom. The van der Waals surface area contributed by atoms with E-state index in [-0.39, 0.29) is 5.91 Å². The molecule has 2 amide bonds. The van der Waals surface area contributed by atoms with Gasteiger partial charge >= 0.3 is 0 Å². The van der Waals surface area contributed by atoms with Gasteiger partial charge in [0.05, 0.1) is 12.5 Å². The second-order valence-electron chi connectivity index (χ2n) is 2.65. The minimum Gasteiger partial charge on any atom is -0.359 e. The highest BCUT2D eigenvalue weighted by molar-refractivity contribution is 5.91. The molecule has 6 nitrogen and oxygen atoms in total. The van der Waals surface area contributed by atoms with Crippen LogP contribution in [0.1, 0.15) is 16.9 Å². The highest BCUT2D eigenvalue weighted by atomic mass is 16.2. The molecule has 1 heterocycles. The van der Waals surface area contributed by atoms with Crippen LogP contribution in [0.2, 0.25) is 0 Å². The maximum atomic E-state index is 11.3. The Morgan fingerprint density at radius 3 is 3.07 bits per heavy atom. The molecule has 0 radical (unpaired) electrons. The molecule has 1 rings (SSSR count). The first-order chi connectivity index (χ1) is 6.84. The monoisotopic (exact) mass is 196 g/mol. The van der Waals surface area contributed by atoms with Crippen LogP contribution >= 0.6 is 0 Å². The Labute approximate surface area is 81.1 Å². The Morgan fingerprint density at radius 1 is 1.57 bits per heavy atom. The summed E-state index contributed by atoms with van der Waals surface area (Å²) < 4.78 is 0. The van der Waals surface area contributed by atoms with Crippen molar-refractivity contribution in [3.8, 4) is 0 Å². The lowest BCUT2D eigenvalue weighted by molar-refractivity contribution is -0.109. The number of rotatable bonds is 6. The zero-order valence-corrected chi connectivity index (χ0v) is 7.62. The largest absolute Gasteiger partial charge is 0.359 e. The molecule has 1 aromatic heterocycles. The van der Waals surface area contributed by atoms with Crippen LogP contribution < -0.4 is 10.6 Å². The quantitative estimate of drug-likeness (QED) is 0.414. The number of aromatic nitrogens is 2. The van der Waals surface area contributed by atoms with E-state index in [9.17, 15) is 9.59 Å². The second-order valence-corrected chi connectivity index (χ2v) is 2.65. The first-order valence-electron chi connectivity index (χ1n) is 4.28. The summed E-state index contributed by atoms with van der Waals surface area (Å²) in [5.41, 5.74) is 0.438. The third-order valence-corrected chi connectivity index (χ3v) is 1.61. The zero-order chi connectivity index (χ0) is 10.2. The van der Waals surface area contributed by atoms with Gasteiger partial charge in [-0.1, -0.05) is 0 Å². The summed E-state index contributed by atoms with van der Waals surface area (Å²) in [5, 5.41) is 5.18. The summed E-state index contributed by atoms with van der Waals surface area (Å²) in [4.78, 5) is 27.6. The van der Waals surface area contributed by atoms with Gasteiger partial charge in [-0.3, -0.25) is 9.59 Å². The van der Waals surface area contributed by atoms with E-state index in [4.69, 9.17) is 0 Å². The smallest absolute Gasteiger partial charge is 0.269 e. The van der Waals surface area contributed by atoms with Crippen molar-refractivity contribution >= 4 is 12.3 Å². The second kappa shape index (κ2) is 5.74. The minimum absolute atomic E-state index is 0.186. The lowest BCUT2D eigenvalue weighted by atomic mass is 10.4. The van der Waals surface area contributed by atoms with Gasteiger partial charge in [-0.2, -0.15) is 0 Å². The maximum absolute atomic E-state index is 11.3. The number of H-pyrrole nitrogens is 1. The molecule has 14 heavy (non-hydrogen) atoms. The number of nitrogens with zero attached hydrogens (tertiary/aromatic N) is 1. The predicted octanol–water partition coefficient (Wildman–Crippen LogP) is -0.724. The van der Waals surface area contributed by atoms with Crippen LogP contribution in [-0.2, 0) is 4.79 Å². The van der Waals surface area contributed by atoms with Gasteiger partial charge in [0.15, 0.2) is 0 Å². The van der Waals surface area contributed by atoms with Crippen molar-refractivity contribution in [2.75, 3.05) is 13.1 Å². The Hall–Kier alpha value is -1.85. The fourth-order valence-electron chi connectivity index (χ4n) is 0.927. The molecule has 3 N–H and O–H groups in total. The fraction of sp³-hybridized carbons (Fsp3) is 0.375. The maximum Gasteiger partial charge on any atom is 0.269 e. The van der Waals surface area contributed by atoms with Gasteiger partial charge in [-0.15, -0.1) is 0 Å². The molecule has 0 saturated heterocycles. The summed E-state index contributed by atoms with van der Waals surface area (Å²) >= 11 is 0. The van der Waals surface area contributed by atoms with Gasteiger partial charge in [0.25, 0.3) is 5.91 Å². The van der Waals surface area contributed by atoms with Crippen LogP contribution in [0.4, 0.5) is 0 Å². The van der Waals surface area contributed by atoms with E-state index in [1.54, 1.807) is 0 Å². The minimum atomic E-state index is -0.186. The molecule has 6 heteroatoms. The van der Waals surface area contributed by atoms with Gasteiger partial charge in [0, 0.05) is 13.1 Å². The third-order valence-electron chi connectivity index (χ3n) is 1.61. The highest BCUT2D eigenvalue weighted by Gasteiger charge is 2.04. The molecule has 0 fully saturated rings. The number of amides is 2. The summed E-state index contributed by atoms with van der Waals surface area (Å²) in [7, 11) is 0. The van der Waals surface area contributed by atoms with E-state index >= 15 is 0 Å². The van der Waals surface area contributed by atoms with Crippen LogP contribution in [0.15, 0.2) is 12.5 Å². The summed E-state index contributed by atoms with van der Waals surface area (Å²) in [6.07, 6.45) is 4.25. The van der Waals surface area contributed by atoms with Crippen molar-refractivity contribution in [3.63, 3.8) is 0 Å². The van der Waals surface area contributed by atoms with Crippen molar-refractivity contribution in [2.24, 2.45) is 0 Å². The molecular formula is C8H12N4O2. The molecule has 0 aliphatic heterocycles. The Kier molecular flexibility index (Phi) is 4.19. The zero-order valence-electron chi connectivity index (χ0n) is 7.62. The van der Waals surface area contributed by atoms with E-state index in [2.05, 4.69) is 20.6 Å². The van der Waals surface area contributed by atoms with Crippen molar-refractivity contribution in [1.29, 1.82) is 0 Å². The van der Waals surface area contributed by atoms with E-state index < -0.39 is 0 Å². The van der Waals surface area contributed by atoms with Crippen LogP contribution in [0.25, 0.3) is 0 Å². The van der Waals surface area contributed by atoms with Crippen LogP contribution in [0.3, 0.4) is 0 Å². The van der Waals surface area contributed by atoms with E-state index in [0.717, 1.165) is 0 Å². The van der Waals surface area contributed by atoms with E-state index in [0.29, 0.717) is 31.6 Å². The lowest BCUT2D eigenvalue weighted by Gasteiger charge is -2.02. The molecule has 0 bridgehead atoms. The van der Waals surface area contributed by atoms with E-state index in [1.807, 2.05) is 0 Å². The highest BCUT2D eigenvalue weighted by Crippen LogP contribution is 1.89. The first-order valence-corrected chi connectivity index (χ1v) is 4.28. The molecule has 0 atom stereocenters. The molecule has 0 aliphatic carbocycles. The Balaban J connectivity index is 2.13. The topological polar surface area (TPSA) is 86.9 Å². The van der Waals surface area contributed by atoms with Gasteiger partial charge in [0.1, 0.15) is 5.69 Å². The van der Waals surface area contributed by atoms with Gasteiger partial charge in [-0.05, 0) is 6.42 Å². The predicted molar refractivity (Wildman–Crippen MR) is 49.6 cm³/mol. The van der Waals surface area contributed by atoms with Gasteiger partial charge in [-0.25, -0.2) is 4.98 Å². The van der Waals surface area contributed by atoms with Gasteiger partial charge in [0.2, 0.25) is 6.41 Å². The van der Waals surface area contributed by atoms with Crippen LogP contribution in [0.5, 0.6) is 0 Å². The number of carbonyl (C=O) groups excluding carboxylic acids is 2. The molecule has 1 aromatic rings. The van der Waals surface area contributed by atoms with Crippen molar-refractivity contribution < 1.29 is 9.59 Å². The van der Waals surface area contributed by atoms with E-state index in [1.165, 1.54) is 12.5 Å². The molecule has 0 aliphatic rings. The van der Waals surface area contributed by atoms with Gasteiger partial charge < -0.3 is 15.6 Å². The fourth-order valence-corrected chi connectivity index (χ4v) is 0.927. The number of hydrogen-bond donors (Lipinski definition) is 3.